The van der Waals surface area contributed by atoms with Gasteiger partial charge < -0.3 is 4.74 Å². The summed E-state index contributed by atoms with van der Waals surface area (Å²) in [5, 5.41) is 2.81. The molecule has 0 aromatic heterocycles. The number of halogens is 6. The van der Waals surface area contributed by atoms with E-state index in [1.165, 1.54) is 12.1 Å². The Kier molecular flexibility index (Phi) is 4.43. The molecular formula is C17H11F6NO2. The lowest BCUT2D eigenvalue weighted by atomic mass is 9.89. The van der Waals surface area contributed by atoms with E-state index in [1.54, 1.807) is 0 Å². The number of alkyl halides is 6. The molecule has 0 saturated heterocycles. The Morgan fingerprint density at radius 3 is 2.19 bits per heavy atom. The van der Waals surface area contributed by atoms with Crippen LogP contribution in [0.5, 0.6) is 5.75 Å². The zero-order chi connectivity index (χ0) is 19.1. The van der Waals surface area contributed by atoms with Gasteiger partial charge in [-0.2, -0.15) is 13.2 Å². The zero-order valence-corrected chi connectivity index (χ0v) is 12.9. The van der Waals surface area contributed by atoms with Crippen LogP contribution in [-0.2, 0) is 12.7 Å². The van der Waals surface area contributed by atoms with Gasteiger partial charge in [0.15, 0.2) is 5.78 Å². The molecule has 3 rings (SSSR count). The van der Waals surface area contributed by atoms with E-state index in [4.69, 9.17) is 0 Å². The molecule has 1 atom stereocenters. The van der Waals surface area contributed by atoms with Crippen molar-refractivity contribution in [3.63, 3.8) is 0 Å². The molecule has 2 aromatic rings. The van der Waals surface area contributed by atoms with Gasteiger partial charge in [-0.1, -0.05) is 18.2 Å². The fraction of sp³-hybridized carbons (Fsp3) is 0.235. The first-order chi connectivity index (χ1) is 12.0. The summed E-state index contributed by atoms with van der Waals surface area (Å²) in [4.78, 5) is 12.5. The second-order valence-corrected chi connectivity index (χ2v) is 5.66. The number of carbonyl (C=O) groups is 1. The van der Waals surface area contributed by atoms with Gasteiger partial charge in [0.1, 0.15) is 5.75 Å². The molecule has 1 heterocycles. The van der Waals surface area contributed by atoms with Crippen LogP contribution in [0.15, 0.2) is 42.5 Å². The summed E-state index contributed by atoms with van der Waals surface area (Å²) in [6.45, 7) is 0.0243. The average molecular weight is 375 g/mol. The van der Waals surface area contributed by atoms with Gasteiger partial charge in [0.2, 0.25) is 0 Å². The van der Waals surface area contributed by atoms with Crippen molar-refractivity contribution in [2.45, 2.75) is 25.1 Å². The second-order valence-electron chi connectivity index (χ2n) is 5.66. The smallest absolute Gasteiger partial charge is 0.406 e. The molecule has 26 heavy (non-hydrogen) atoms. The highest BCUT2D eigenvalue weighted by Gasteiger charge is 2.34. The number of nitrogens with one attached hydrogen (secondary N) is 1. The number of ether oxygens (including phenoxy) is 1. The SMILES string of the molecule is O=C1c2ccc(C(F)(F)F)cc2CNC1c1ccc(OC(F)(F)F)cc1. The van der Waals surface area contributed by atoms with Crippen molar-refractivity contribution in [1.29, 1.82) is 0 Å². The molecular weight excluding hydrogens is 364 g/mol. The van der Waals surface area contributed by atoms with Gasteiger partial charge >= 0.3 is 12.5 Å². The van der Waals surface area contributed by atoms with E-state index < -0.39 is 35.7 Å². The van der Waals surface area contributed by atoms with Crippen LogP contribution in [0.25, 0.3) is 0 Å². The van der Waals surface area contributed by atoms with E-state index in [0.29, 0.717) is 5.56 Å². The van der Waals surface area contributed by atoms with E-state index in [1.807, 2.05) is 0 Å². The Balaban J connectivity index is 1.83. The van der Waals surface area contributed by atoms with Crippen LogP contribution < -0.4 is 10.1 Å². The van der Waals surface area contributed by atoms with E-state index in [2.05, 4.69) is 10.1 Å². The molecule has 0 spiro atoms. The van der Waals surface area contributed by atoms with Gasteiger partial charge in [-0.05, 0) is 35.4 Å². The first-order valence-electron chi connectivity index (χ1n) is 7.38. The first kappa shape index (κ1) is 18.2. The van der Waals surface area contributed by atoms with Crippen molar-refractivity contribution in [3.05, 3.63) is 64.7 Å². The molecule has 138 valence electrons. The largest absolute Gasteiger partial charge is 0.573 e. The zero-order valence-electron chi connectivity index (χ0n) is 12.9. The molecule has 9 heteroatoms. The second kappa shape index (κ2) is 6.31. The Morgan fingerprint density at radius 1 is 0.962 bits per heavy atom. The minimum atomic E-state index is -4.82. The molecule has 3 nitrogen and oxygen atoms in total. The predicted octanol–water partition coefficient (Wildman–Crippen LogP) is 4.63. The third-order valence-corrected chi connectivity index (χ3v) is 3.90. The summed E-state index contributed by atoms with van der Waals surface area (Å²) in [5.41, 5.74) is -0.0940. The van der Waals surface area contributed by atoms with Crippen molar-refractivity contribution in [1.82, 2.24) is 5.32 Å². The van der Waals surface area contributed by atoms with Gasteiger partial charge in [-0.15, -0.1) is 13.2 Å². The Labute approximate surface area is 143 Å². The standard InChI is InChI=1S/C17H11F6NO2/c18-16(19,20)11-3-6-13-10(7-11)8-24-14(15(13)25)9-1-4-12(5-2-9)26-17(21,22)23/h1-7,14,24H,8H2. The van der Waals surface area contributed by atoms with Crippen LogP contribution in [0.4, 0.5) is 26.3 Å². The maximum Gasteiger partial charge on any atom is 0.573 e. The van der Waals surface area contributed by atoms with Crippen molar-refractivity contribution < 1.29 is 35.9 Å². The normalized spacial score (nSPS) is 17.8. The van der Waals surface area contributed by atoms with Crippen LogP contribution in [0.2, 0.25) is 0 Å². The lowest BCUT2D eigenvalue weighted by Gasteiger charge is -2.26. The molecule has 1 unspecified atom stereocenters. The maximum absolute atomic E-state index is 12.8. The van der Waals surface area contributed by atoms with Gasteiger partial charge in [0.25, 0.3) is 0 Å². The number of hydrogen-bond donors (Lipinski definition) is 1. The summed E-state index contributed by atoms with van der Waals surface area (Å²) in [6.07, 6.45) is -9.33. The molecule has 0 radical (unpaired) electrons. The van der Waals surface area contributed by atoms with Crippen LogP contribution in [0.1, 0.15) is 33.1 Å². The monoisotopic (exact) mass is 375 g/mol. The van der Waals surface area contributed by atoms with E-state index in [0.717, 1.165) is 30.3 Å². The molecule has 1 aliphatic rings. The third-order valence-electron chi connectivity index (χ3n) is 3.90. The minimum Gasteiger partial charge on any atom is -0.406 e. The van der Waals surface area contributed by atoms with Crippen molar-refractivity contribution in [3.8, 4) is 5.75 Å². The minimum absolute atomic E-state index is 0.0243. The van der Waals surface area contributed by atoms with Gasteiger partial charge in [-0.3, -0.25) is 10.1 Å². The average Bonchev–Trinajstić information content (AvgIpc) is 2.54. The fourth-order valence-corrected chi connectivity index (χ4v) is 2.75. The number of hydrogen-bond acceptors (Lipinski definition) is 3. The quantitative estimate of drug-likeness (QED) is 0.778. The summed E-state index contributed by atoms with van der Waals surface area (Å²) in [6, 6.07) is 6.74. The number of fused-ring (bicyclic) bond motifs is 1. The fourth-order valence-electron chi connectivity index (χ4n) is 2.75. The molecule has 0 fully saturated rings. The van der Waals surface area contributed by atoms with Crippen molar-refractivity contribution in [2.24, 2.45) is 0 Å². The number of rotatable bonds is 2. The number of Topliss-reactive ketones (excluding diaryl/α,β-unsaturated/α-hetero) is 1. The Bertz CT molecular complexity index is 827. The van der Waals surface area contributed by atoms with Crippen molar-refractivity contribution in [2.75, 3.05) is 0 Å². The summed E-state index contributed by atoms with van der Waals surface area (Å²) < 4.78 is 78.5. The Hall–Kier alpha value is -2.55. The van der Waals surface area contributed by atoms with Crippen LogP contribution >= 0.6 is 0 Å². The van der Waals surface area contributed by atoms with E-state index >= 15 is 0 Å². The molecule has 1 N–H and O–H groups in total. The van der Waals surface area contributed by atoms with E-state index in [-0.39, 0.29) is 17.7 Å². The highest BCUT2D eigenvalue weighted by atomic mass is 19.4. The summed E-state index contributed by atoms with van der Waals surface area (Å²) >= 11 is 0. The third kappa shape index (κ3) is 3.82. The van der Waals surface area contributed by atoms with Gasteiger partial charge in [0.05, 0.1) is 11.6 Å². The predicted molar refractivity (Wildman–Crippen MR) is 78.5 cm³/mol. The van der Waals surface area contributed by atoms with Crippen LogP contribution in [0, 0.1) is 0 Å². The molecule has 0 bridgehead atoms. The Morgan fingerprint density at radius 2 is 1.62 bits per heavy atom. The van der Waals surface area contributed by atoms with Crippen molar-refractivity contribution >= 4 is 5.78 Å². The highest BCUT2D eigenvalue weighted by Crippen LogP contribution is 2.34. The molecule has 1 aliphatic heterocycles. The van der Waals surface area contributed by atoms with Crippen LogP contribution in [0.3, 0.4) is 0 Å². The summed E-state index contributed by atoms with van der Waals surface area (Å²) in [5.74, 6) is -0.885. The van der Waals surface area contributed by atoms with Crippen LogP contribution in [-0.4, -0.2) is 12.1 Å². The maximum atomic E-state index is 12.8. The molecule has 2 aromatic carbocycles. The molecule has 0 saturated carbocycles. The number of carbonyl (C=O) groups excluding carboxylic acids is 1. The highest BCUT2D eigenvalue weighted by molar-refractivity contribution is 6.02. The number of ketones is 1. The first-order valence-corrected chi connectivity index (χ1v) is 7.38. The van der Waals surface area contributed by atoms with E-state index in [9.17, 15) is 31.1 Å². The summed E-state index contributed by atoms with van der Waals surface area (Å²) in [7, 11) is 0. The van der Waals surface area contributed by atoms with Gasteiger partial charge in [-0.25, -0.2) is 0 Å². The lowest BCUT2D eigenvalue weighted by Crippen LogP contribution is -2.34. The molecule has 0 amide bonds. The topological polar surface area (TPSA) is 38.3 Å². The number of benzene rings is 2. The molecule has 0 aliphatic carbocycles. The van der Waals surface area contributed by atoms with Gasteiger partial charge in [0, 0.05) is 12.1 Å². The lowest BCUT2D eigenvalue weighted by molar-refractivity contribution is -0.274.